The third kappa shape index (κ3) is 15.4. The molecule has 26 heteroatoms. The number of nitriles is 1. The molecule has 0 saturated carbocycles. The lowest BCUT2D eigenvalue weighted by Crippen LogP contribution is -2.55. The number of amides is 4. The van der Waals surface area contributed by atoms with Gasteiger partial charge in [-0.05, 0) is 81.8 Å². The molecule has 2 N–H and O–H groups in total. The number of carbonyl (C=O) groups excluding carboxylic acids is 5. The number of carboxylic acid groups (broad SMARTS) is 1. The number of piperazine rings is 1. The molecule has 0 bridgehead atoms. The summed E-state index contributed by atoms with van der Waals surface area (Å²) in [4.78, 5) is 110. The van der Waals surface area contributed by atoms with E-state index in [0.29, 0.717) is 135 Å². The summed E-state index contributed by atoms with van der Waals surface area (Å²) in [6.07, 6.45) is 10.2. The summed E-state index contributed by atoms with van der Waals surface area (Å²) in [5.74, 6) is 0.150. The molecule has 0 aliphatic carbocycles. The summed E-state index contributed by atoms with van der Waals surface area (Å²) >= 11 is 0. The third-order valence-electron chi connectivity index (χ3n) is 16.3. The molecule has 1 unspecified atom stereocenters. The van der Waals surface area contributed by atoms with Crippen molar-refractivity contribution in [2.75, 3.05) is 68.8 Å². The molecule has 466 valence electrons. The Morgan fingerprint density at radius 3 is 2.33 bits per heavy atom. The minimum Gasteiger partial charge on any atom is -0.490 e. The number of rotatable bonds is 22. The van der Waals surface area contributed by atoms with Crippen LogP contribution < -0.4 is 24.6 Å². The largest absolute Gasteiger partial charge is 0.490 e. The van der Waals surface area contributed by atoms with Gasteiger partial charge < -0.3 is 53.9 Å². The van der Waals surface area contributed by atoms with Crippen LogP contribution in [0.4, 0.5) is 11.8 Å². The number of aliphatic carboxylic acids is 1. The Morgan fingerprint density at radius 1 is 0.843 bits per heavy atom. The van der Waals surface area contributed by atoms with Crippen LogP contribution in [0.15, 0.2) is 91.6 Å². The van der Waals surface area contributed by atoms with Crippen molar-refractivity contribution in [2.24, 2.45) is 5.41 Å². The molecule has 26 nitrogen and oxygen atoms in total. The quantitative estimate of drug-likeness (QED) is 0.0845. The van der Waals surface area contributed by atoms with Crippen LogP contribution in [0.1, 0.15) is 111 Å². The van der Waals surface area contributed by atoms with Gasteiger partial charge in [-0.15, -0.1) is 5.10 Å². The fourth-order valence-electron chi connectivity index (χ4n) is 11.2. The summed E-state index contributed by atoms with van der Waals surface area (Å²) in [5.41, 5.74) is 2.45. The van der Waals surface area contributed by atoms with Crippen molar-refractivity contribution in [3.8, 4) is 34.7 Å². The number of anilines is 2. The summed E-state index contributed by atoms with van der Waals surface area (Å²) in [6, 6.07) is 18.3. The van der Waals surface area contributed by atoms with Gasteiger partial charge in [0.2, 0.25) is 29.5 Å². The fourth-order valence-corrected chi connectivity index (χ4v) is 11.2. The molecule has 1 aromatic carbocycles. The number of piperidine rings is 1. The molecule has 0 radical (unpaired) electrons. The molecule has 9 heterocycles. The van der Waals surface area contributed by atoms with Gasteiger partial charge in [-0.2, -0.15) is 5.26 Å². The Kier molecular flexibility index (Phi) is 19.2. The molecule has 89 heavy (non-hydrogen) atoms. The maximum absolute atomic E-state index is 13.6. The van der Waals surface area contributed by atoms with E-state index in [0.717, 1.165) is 0 Å². The number of hydrogen-bond acceptors (Lipinski definition) is 20. The first-order chi connectivity index (χ1) is 42.7. The van der Waals surface area contributed by atoms with E-state index in [9.17, 15) is 39.1 Å². The van der Waals surface area contributed by atoms with Gasteiger partial charge in [0.25, 0.3) is 5.91 Å². The number of benzene rings is 1. The number of nitrogens with zero attached hydrogens (tertiary/aromatic N) is 14. The molecule has 0 spiro atoms. The second kappa shape index (κ2) is 27.3. The minimum absolute atomic E-state index is 0.0172. The van der Waals surface area contributed by atoms with Crippen LogP contribution in [0.2, 0.25) is 0 Å². The normalized spacial score (nSPS) is 17.9. The van der Waals surface area contributed by atoms with E-state index in [1.807, 2.05) is 63.5 Å². The first-order valence-corrected chi connectivity index (χ1v) is 29.8. The molecule has 4 amide bonds. The number of pyridine rings is 3. The van der Waals surface area contributed by atoms with Gasteiger partial charge in [-0.25, -0.2) is 34.4 Å². The van der Waals surface area contributed by atoms with E-state index in [2.05, 4.69) is 41.6 Å². The summed E-state index contributed by atoms with van der Waals surface area (Å²) < 4.78 is 25.4. The van der Waals surface area contributed by atoms with Crippen LogP contribution in [-0.4, -0.2) is 184 Å². The number of carboxylic acids is 1. The second-order valence-electron chi connectivity index (χ2n) is 24.4. The molecule has 4 aliphatic rings. The molecule has 3 atom stereocenters. The van der Waals surface area contributed by atoms with Gasteiger partial charge in [0.05, 0.1) is 41.3 Å². The number of hydrogen-bond donors (Lipinski definition) is 2. The van der Waals surface area contributed by atoms with Crippen molar-refractivity contribution >= 4 is 47.1 Å². The minimum atomic E-state index is -1.09. The highest BCUT2D eigenvalue weighted by Gasteiger charge is 2.45. The number of ketones is 1. The molecular weight excluding hydrogens is 1140 g/mol. The lowest BCUT2D eigenvalue weighted by atomic mass is 9.88. The van der Waals surface area contributed by atoms with Crippen molar-refractivity contribution < 1.29 is 52.8 Å². The van der Waals surface area contributed by atoms with Gasteiger partial charge in [-0.1, -0.05) is 38.1 Å². The number of ether oxygens (including phenoxy) is 4. The van der Waals surface area contributed by atoms with Crippen LogP contribution >= 0.6 is 0 Å². The SMILES string of the molecule is C[C@@H]1CN(c2ncc(-c3ccc4c(n3)N(Cc3cccnc3C#N)C(C)(C)C4=O)cn2)CCN1C(=O)Cn1cc(COCC(=O)N2CCC(OCC(=O)N3CCC(Oc4cccc(Oc5ccc(C(=O)N[C@@H](CCC(C)(C)C)C(=O)O)cn5)c4)CC3)C2)nn1. The molecule has 3 saturated heterocycles. The highest BCUT2D eigenvalue weighted by molar-refractivity contribution is 6.13. The Morgan fingerprint density at radius 2 is 1.60 bits per heavy atom. The predicted molar refractivity (Wildman–Crippen MR) is 321 cm³/mol. The Bertz CT molecular complexity index is 3600. The van der Waals surface area contributed by atoms with Gasteiger partial charge in [0.15, 0.2) is 5.78 Å². The first kappa shape index (κ1) is 62.6. The second-order valence-corrected chi connectivity index (χ2v) is 24.4. The highest BCUT2D eigenvalue weighted by atomic mass is 16.5. The first-order valence-electron chi connectivity index (χ1n) is 29.8. The number of nitrogens with one attached hydrogen (secondary N) is 1. The summed E-state index contributed by atoms with van der Waals surface area (Å²) in [5, 5.41) is 30.2. The smallest absolute Gasteiger partial charge is 0.326 e. The zero-order valence-electron chi connectivity index (χ0n) is 50.8. The lowest BCUT2D eigenvalue weighted by molar-refractivity contribution is -0.141. The average molecular weight is 1220 g/mol. The Labute approximate surface area is 515 Å². The van der Waals surface area contributed by atoms with Crippen LogP contribution in [-0.2, 0) is 48.3 Å². The molecule has 6 aromatic rings. The standard InChI is InChI=1S/C63H73N15O11/c1-40-32-75(61-67-30-43(31-68-61)50-14-13-49-57(82)63(5,6)78(58(49)69-50)33-42-9-8-21-65-52(42)28-64)25-26-77(40)54(79)36-76-34-44(71-72-76)37-86-38-55(80)74-24-19-48(35-74)87-39-56(81)73-22-17-45(18-23-73)88-46-10-7-11-47(27-46)89-53-15-12-41(29-66-53)59(83)70-51(60(84)85)16-20-62(2,3)4/h7-15,21,27,29-31,34,40,45,48,51H,16-20,22-26,32-33,35-39H2,1-6H3,(H,70,83)(H,84,85)/t40-,48?,51+/m1/s1. The maximum Gasteiger partial charge on any atom is 0.326 e. The van der Waals surface area contributed by atoms with E-state index in [1.165, 1.54) is 23.0 Å². The maximum atomic E-state index is 13.6. The number of likely N-dealkylation sites (tertiary alicyclic amines) is 2. The summed E-state index contributed by atoms with van der Waals surface area (Å²) in [6.45, 7) is 14.9. The third-order valence-corrected chi connectivity index (χ3v) is 16.3. The van der Waals surface area contributed by atoms with Crippen molar-refractivity contribution in [1.82, 2.24) is 59.9 Å². The highest BCUT2D eigenvalue weighted by Crippen LogP contribution is 2.40. The van der Waals surface area contributed by atoms with Crippen LogP contribution in [0.25, 0.3) is 11.3 Å². The number of Topliss-reactive ketones (excluding diaryl/α,β-unsaturated/α-hetero) is 1. The predicted octanol–water partition coefficient (Wildman–Crippen LogP) is 5.52. The Hall–Kier alpha value is -9.48. The van der Waals surface area contributed by atoms with E-state index in [4.69, 9.17) is 23.9 Å². The van der Waals surface area contributed by atoms with E-state index in [-0.39, 0.29) is 91.5 Å². The van der Waals surface area contributed by atoms with Gasteiger partial charge in [0, 0.05) is 119 Å². The topological polar surface area (TPSA) is 307 Å². The van der Waals surface area contributed by atoms with E-state index < -0.39 is 23.5 Å². The van der Waals surface area contributed by atoms with E-state index >= 15 is 0 Å². The summed E-state index contributed by atoms with van der Waals surface area (Å²) in [7, 11) is 0. The Balaban J connectivity index is 0.599. The number of carbonyl (C=O) groups is 6. The lowest BCUT2D eigenvalue weighted by Gasteiger charge is -2.39. The van der Waals surface area contributed by atoms with Crippen molar-refractivity contribution in [3.05, 3.63) is 120 Å². The van der Waals surface area contributed by atoms with Gasteiger partial charge >= 0.3 is 5.97 Å². The van der Waals surface area contributed by atoms with Crippen molar-refractivity contribution in [2.45, 2.75) is 123 Å². The molecular formula is C63H73N15O11. The number of fused-ring (bicyclic) bond motifs is 1. The molecule has 4 aliphatic heterocycles. The zero-order chi connectivity index (χ0) is 63.0. The molecule has 3 fully saturated rings. The van der Waals surface area contributed by atoms with Crippen LogP contribution in [0.3, 0.4) is 0 Å². The van der Waals surface area contributed by atoms with E-state index in [1.54, 1.807) is 75.9 Å². The van der Waals surface area contributed by atoms with Gasteiger partial charge in [0.1, 0.15) is 66.7 Å². The fraction of sp³-hybridized carbons (Fsp3) is 0.460. The molecule has 5 aromatic heterocycles. The average Bonchev–Trinajstić information content (AvgIpc) is 1.87. The van der Waals surface area contributed by atoms with Crippen molar-refractivity contribution in [3.63, 3.8) is 0 Å². The van der Waals surface area contributed by atoms with Crippen molar-refractivity contribution in [1.29, 1.82) is 5.26 Å². The number of aromatic nitrogens is 8. The molecule has 10 rings (SSSR count). The van der Waals surface area contributed by atoms with Crippen LogP contribution in [0, 0.1) is 16.7 Å². The van der Waals surface area contributed by atoms with Gasteiger partial charge in [-0.3, -0.25) is 24.0 Å². The monoisotopic (exact) mass is 1220 g/mol. The zero-order valence-corrected chi connectivity index (χ0v) is 50.8. The van der Waals surface area contributed by atoms with Crippen LogP contribution in [0.5, 0.6) is 17.4 Å².